The standard InChI is InChI=1S/C23H28N2O5/c1-4-16-12-9-13-18(19(16)5-2)14-23(20(26)27,21(28)29)25-22(30)24-15(3)17-10-7-6-8-11-17/h6-13,15H,4-5,14H2,1-3H3,(H,26,27)(H,28,29)(H2,24,25,30)/t15-/m1/s1. The van der Waals surface area contributed by atoms with Gasteiger partial charge in [0.1, 0.15) is 0 Å². The van der Waals surface area contributed by atoms with Crippen molar-refractivity contribution in [2.45, 2.75) is 51.6 Å². The van der Waals surface area contributed by atoms with Crippen molar-refractivity contribution < 1.29 is 24.6 Å². The van der Waals surface area contributed by atoms with E-state index in [1.165, 1.54) is 0 Å². The van der Waals surface area contributed by atoms with Crippen molar-refractivity contribution >= 4 is 18.0 Å². The molecule has 0 unspecified atom stereocenters. The minimum absolute atomic E-state index is 0.359. The van der Waals surface area contributed by atoms with Crippen molar-refractivity contribution in [2.24, 2.45) is 0 Å². The Morgan fingerprint density at radius 2 is 1.50 bits per heavy atom. The summed E-state index contributed by atoms with van der Waals surface area (Å²) in [7, 11) is 0. The molecule has 0 spiro atoms. The van der Waals surface area contributed by atoms with Gasteiger partial charge in [0, 0.05) is 6.42 Å². The molecule has 7 heteroatoms. The zero-order chi connectivity index (χ0) is 22.3. The Morgan fingerprint density at radius 3 is 2.03 bits per heavy atom. The van der Waals surface area contributed by atoms with Crippen LogP contribution in [0, 0.1) is 0 Å². The van der Waals surface area contributed by atoms with Gasteiger partial charge in [0.25, 0.3) is 0 Å². The predicted octanol–water partition coefficient (Wildman–Crippen LogP) is 3.32. The van der Waals surface area contributed by atoms with E-state index in [0.29, 0.717) is 12.0 Å². The Balaban J connectivity index is 2.33. The van der Waals surface area contributed by atoms with Gasteiger partial charge in [-0.1, -0.05) is 62.4 Å². The molecule has 0 aliphatic heterocycles. The van der Waals surface area contributed by atoms with E-state index in [9.17, 15) is 24.6 Å². The molecule has 0 heterocycles. The maximum atomic E-state index is 12.6. The number of hydrogen-bond donors (Lipinski definition) is 4. The third-order valence-electron chi connectivity index (χ3n) is 5.26. The third-order valence-corrected chi connectivity index (χ3v) is 5.26. The highest BCUT2D eigenvalue weighted by molar-refractivity contribution is 6.06. The van der Waals surface area contributed by atoms with Gasteiger partial charge in [-0.05, 0) is 42.0 Å². The van der Waals surface area contributed by atoms with Gasteiger partial charge < -0.3 is 20.8 Å². The number of carbonyl (C=O) groups excluding carboxylic acids is 1. The Bertz CT molecular complexity index is 897. The first-order valence-corrected chi connectivity index (χ1v) is 9.95. The lowest BCUT2D eigenvalue weighted by Gasteiger charge is -2.28. The topological polar surface area (TPSA) is 116 Å². The Morgan fingerprint density at radius 1 is 0.900 bits per heavy atom. The Hall–Kier alpha value is -3.35. The van der Waals surface area contributed by atoms with Gasteiger partial charge in [-0.3, -0.25) is 0 Å². The molecule has 7 nitrogen and oxygen atoms in total. The number of rotatable bonds is 9. The van der Waals surface area contributed by atoms with Crippen molar-refractivity contribution in [3.05, 3.63) is 70.8 Å². The largest absolute Gasteiger partial charge is 0.479 e. The number of aliphatic carboxylic acids is 2. The van der Waals surface area contributed by atoms with Gasteiger partial charge in [-0.2, -0.15) is 0 Å². The number of carboxylic acid groups (broad SMARTS) is 2. The fraction of sp³-hybridized carbons (Fsp3) is 0.348. The first-order chi connectivity index (χ1) is 14.2. The second-order valence-corrected chi connectivity index (χ2v) is 7.19. The molecule has 2 aromatic rings. The highest BCUT2D eigenvalue weighted by Crippen LogP contribution is 2.23. The van der Waals surface area contributed by atoms with E-state index >= 15 is 0 Å². The van der Waals surface area contributed by atoms with Crippen LogP contribution in [0.15, 0.2) is 48.5 Å². The zero-order valence-electron chi connectivity index (χ0n) is 17.4. The predicted molar refractivity (Wildman–Crippen MR) is 113 cm³/mol. The summed E-state index contributed by atoms with van der Waals surface area (Å²) in [5.74, 6) is -3.25. The molecule has 2 amide bonds. The summed E-state index contributed by atoms with van der Waals surface area (Å²) < 4.78 is 0. The number of carboxylic acids is 2. The number of aryl methyl sites for hydroxylation is 1. The first kappa shape index (κ1) is 22.9. The van der Waals surface area contributed by atoms with E-state index in [4.69, 9.17) is 0 Å². The van der Waals surface area contributed by atoms with Crippen LogP contribution in [0.25, 0.3) is 0 Å². The van der Waals surface area contributed by atoms with Crippen LogP contribution >= 0.6 is 0 Å². The van der Waals surface area contributed by atoms with Crippen LogP contribution in [0.2, 0.25) is 0 Å². The van der Waals surface area contributed by atoms with Crippen LogP contribution < -0.4 is 10.6 Å². The summed E-state index contributed by atoms with van der Waals surface area (Å²) in [6, 6.07) is 13.2. The van der Waals surface area contributed by atoms with Gasteiger partial charge in [-0.15, -0.1) is 0 Å². The molecule has 1 atom stereocenters. The lowest BCUT2D eigenvalue weighted by Crippen LogP contribution is -2.63. The zero-order valence-corrected chi connectivity index (χ0v) is 17.4. The molecule has 0 saturated carbocycles. The number of amides is 2. The molecular formula is C23H28N2O5. The maximum absolute atomic E-state index is 12.6. The molecule has 2 aromatic carbocycles. The van der Waals surface area contributed by atoms with Crippen molar-refractivity contribution in [3.63, 3.8) is 0 Å². The lowest BCUT2D eigenvalue weighted by atomic mass is 9.86. The van der Waals surface area contributed by atoms with E-state index in [2.05, 4.69) is 10.6 Å². The summed E-state index contributed by atoms with van der Waals surface area (Å²) in [5, 5.41) is 24.5. The van der Waals surface area contributed by atoms with E-state index < -0.39 is 29.6 Å². The molecule has 0 aliphatic carbocycles. The number of nitrogens with one attached hydrogen (secondary N) is 2. The van der Waals surface area contributed by atoms with Gasteiger partial charge in [0.05, 0.1) is 6.04 Å². The van der Waals surface area contributed by atoms with Crippen LogP contribution in [0.1, 0.15) is 49.1 Å². The van der Waals surface area contributed by atoms with E-state index in [0.717, 1.165) is 23.1 Å². The van der Waals surface area contributed by atoms with Crippen LogP contribution in [0.5, 0.6) is 0 Å². The number of benzene rings is 2. The SMILES string of the molecule is CCc1cccc(CC(NC(=O)N[C@H](C)c2ccccc2)(C(=O)O)C(=O)O)c1CC. The van der Waals surface area contributed by atoms with Gasteiger partial charge in [-0.25, -0.2) is 14.4 Å². The molecule has 160 valence electrons. The first-order valence-electron chi connectivity index (χ1n) is 9.95. The minimum Gasteiger partial charge on any atom is -0.479 e. The summed E-state index contributed by atoms with van der Waals surface area (Å²) >= 11 is 0. The Labute approximate surface area is 176 Å². The number of carbonyl (C=O) groups is 3. The van der Waals surface area contributed by atoms with E-state index in [1.807, 2.05) is 50.2 Å². The van der Waals surface area contributed by atoms with Gasteiger partial charge in [0.15, 0.2) is 0 Å². The summed E-state index contributed by atoms with van der Waals surface area (Å²) in [6.07, 6.45) is 1.01. The summed E-state index contributed by atoms with van der Waals surface area (Å²) in [6.45, 7) is 5.65. The normalized spacial score (nSPS) is 12.1. The number of urea groups is 1. The van der Waals surface area contributed by atoms with Crippen molar-refractivity contribution in [3.8, 4) is 0 Å². The summed E-state index contributed by atoms with van der Waals surface area (Å²) in [5.41, 5.74) is 0.857. The van der Waals surface area contributed by atoms with E-state index in [-0.39, 0.29) is 6.42 Å². The fourth-order valence-corrected chi connectivity index (χ4v) is 3.57. The molecule has 0 bridgehead atoms. The molecule has 30 heavy (non-hydrogen) atoms. The average Bonchev–Trinajstić information content (AvgIpc) is 2.73. The molecule has 2 rings (SSSR count). The van der Waals surface area contributed by atoms with Crippen LogP contribution in [0.4, 0.5) is 4.79 Å². The molecule has 0 radical (unpaired) electrons. The fourth-order valence-electron chi connectivity index (χ4n) is 3.57. The van der Waals surface area contributed by atoms with Crippen molar-refractivity contribution in [1.29, 1.82) is 0 Å². The van der Waals surface area contributed by atoms with E-state index in [1.54, 1.807) is 19.1 Å². The average molecular weight is 412 g/mol. The van der Waals surface area contributed by atoms with Crippen LogP contribution in [-0.2, 0) is 28.9 Å². The maximum Gasteiger partial charge on any atom is 0.341 e. The highest BCUT2D eigenvalue weighted by atomic mass is 16.4. The van der Waals surface area contributed by atoms with Crippen LogP contribution in [0.3, 0.4) is 0 Å². The molecular weight excluding hydrogens is 384 g/mol. The summed E-state index contributed by atoms with van der Waals surface area (Å²) in [4.78, 5) is 36.7. The molecule has 0 saturated heterocycles. The second kappa shape index (κ2) is 9.91. The van der Waals surface area contributed by atoms with Crippen LogP contribution in [-0.4, -0.2) is 33.7 Å². The van der Waals surface area contributed by atoms with Gasteiger partial charge in [0.2, 0.25) is 5.54 Å². The monoisotopic (exact) mass is 412 g/mol. The molecule has 0 aromatic heterocycles. The third kappa shape index (κ3) is 4.97. The molecule has 0 fully saturated rings. The van der Waals surface area contributed by atoms with Gasteiger partial charge >= 0.3 is 18.0 Å². The minimum atomic E-state index is -2.49. The smallest absolute Gasteiger partial charge is 0.341 e. The quantitative estimate of drug-likeness (QED) is 0.472. The highest BCUT2D eigenvalue weighted by Gasteiger charge is 2.48. The number of hydrogen-bond acceptors (Lipinski definition) is 3. The second-order valence-electron chi connectivity index (χ2n) is 7.19. The van der Waals surface area contributed by atoms with Crippen molar-refractivity contribution in [2.75, 3.05) is 0 Å². The lowest BCUT2D eigenvalue weighted by molar-refractivity contribution is -0.158. The molecule has 4 N–H and O–H groups in total. The van der Waals surface area contributed by atoms with Crippen molar-refractivity contribution in [1.82, 2.24) is 10.6 Å². The Kier molecular flexibility index (Phi) is 7.58. The molecule has 0 aliphatic rings.